The molecule has 0 radical (unpaired) electrons. The summed E-state index contributed by atoms with van der Waals surface area (Å²) in [6, 6.07) is 16.3. The SMILES string of the molecule is COC(=O)c1cc(C(=O)O)ccc1-c1c2ccc(=[N+](C)C)cc-2oc2cc(N(C)C)ccc12. The van der Waals surface area contributed by atoms with Crippen LogP contribution in [-0.4, -0.2) is 52.3 Å². The number of nitrogens with zero attached hydrogens (tertiary/aromatic N) is 2. The Balaban J connectivity index is 2.17. The molecule has 1 heterocycles. The number of methoxy groups -OCH3 is 1. The van der Waals surface area contributed by atoms with Crippen LogP contribution in [0, 0.1) is 0 Å². The summed E-state index contributed by atoms with van der Waals surface area (Å²) in [5.41, 5.74) is 3.97. The molecule has 4 rings (SSSR count). The lowest BCUT2D eigenvalue weighted by atomic mass is 9.89. The Morgan fingerprint density at radius 2 is 1.70 bits per heavy atom. The number of carbonyl (C=O) groups is 2. The van der Waals surface area contributed by atoms with Crippen LogP contribution in [0.2, 0.25) is 0 Å². The molecule has 2 aromatic carbocycles. The smallest absolute Gasteiger partial charge is 0.338 e. The van der Waals surface area contributed by atoms with Gasteiger partial charge in [-0.15, -0.1) is 0 Å². The quantitative estimate of drug-likeness (QED) is 0.292. The van der Waals surface area contributed by atoms with Gasteiger partial charge >= 0.3 is 11.9 Å². The van der Waals surface area contributed by atoms with E-state index in [1.54, 1.807) is 6.07 Å². The number of fused-ring (bicyclic) bond motifs is 2. The fourth-order valence-corrected chi connectivity index (χ4v) is 3.89. The van der Waals surface area contributed by atoms with E-state index in [1.807, 2.05) is 74.1 Å². The van der Waals surface area contributed by atoms with Crippen molar-refractivity contribution in [2.75, 3.05) is 40.2 Å². The number of hydrogen-bond acceptors (Lipinski definition) is 5. The molecule has 7 nitrogen and oxygen atoms in total. The predicted molar refractivity (Wildman–Crippen MR) is 128 cm³/mol. The Morgan fingerprint density at radius 3 is 2.33 bits per heavy atom. The first-order valence-corrected chi connectivity index (χ1v) is 10.4. The minimum atomic E-state index is -1.12. The number of carbonyl (C=O) groups excluding carboxylic acids is 1. The molecule has 1 aliphatic heterocycles. The Labute approximate surface area is 191 Å². The molecule has 0 saturated heterocycles. The van der Waals surface area contributed by atoms with Crippen molar-refractivity contribution in [1.29, 1.82) is 0 Å². The number of rotatable bonds is 4. The minimum absolute atomic E-state index is 0.0122. The van der Waals surface area contributed by atoms with Gasteiger partial charge in [0.1, 0.15) is 25.4 Å². The standard InChI is InChI=1S/C26H24N2O5/c1-27(2)16-7-10-19-22(13-16)33-23-14-17(28(3)4)8-11-20(23)24(19)18-9-6-15(25(29)30)12-21(18)26(31)32-5/h6-14H,1-5H3/p+1. The molecule has 0 saturated carbocycles. The zero-order chi connectivity index (χ0) is 23.9. The van der Waals surface area contributed by atoms with Crippen molar-refractivity contribution in [2.24, 2.45) is 0 Å². The van der Waals surface area contributed by atoms with Crippen LogP contribution >= 0.6 is 0 Å². The molecular formula is C26H25N2O5+. The highest BCUT2D eigenvalue weighted by molar-refractivity contribution is 6.09. The number of aromatic carboxylic acids is 1. The van der Waals surface area contributed by atoms with Crippen molar-refractivity contribution in [3.63, 3.8) is 0 Å². The van der Waals surface area contributed by atoms with Crippen LogP contribution in [0.25, 0.3) is 33.4 Å². The predicted octanol–water partition coefficient (Wildman–Crippen LogP) is 3.79. The van der Waals surface area contributed by atoms with Gasteiger partial charge in [0.15, 0.2) is 0 Å². The maximum absolute atomic E-state index is 12.7. The van der Waals surface area contributed by atoms with Gasteiger partial charge in [-0.2, -0.15) is 0 Å². The Kier molecular flexibility index (Phi) is 5.64. The molecular weight excluding hydrogens is 420 g/mol. The summed E-state index contributed by atoms with van der Waals surface area (Å²) in [7, 11) is 9.09. The van der Waals surface area contributed by atoms with Crippen LogP contribution in [0.4, 0.5) is 5.69 Å². The minimum Gasteiger partial charge on any atom is -0.478 e. The van der Waals surface area contributed by atoms with Crippen LogP contribution < -0.4 is 14.8 Å². The third-order valence-corrected chi connectivity index (χ3v) is 5.66. The zero-order valence-corrected chi connectivity index (χ0v) is 19.2. The maximum Gasteiger partial charge on any atom is 0.338 e. The molecule has 2 aromatic rings. The topological polar surface area (TPSA) is 83.0 Å². The fraction of sp³-hybridized carbons (Fsp3) is 0.192. The largest absolute Gasteiger partial charge is 0.478 e. The highest BCUT2D eigenvalue weighted by Crippen LogP contribution is 2.42. The van der Waals surface area contributed by atoms with E-state index in [2.05, 4.69) is 0 Å². The van der Waals surface area contributed by atoms with Crippen molar-refractivity contribution >= 4 is 28.6 Å². The number of anilines is 1. The summed E-state index contributed by atoms with van der Waals surface area (Å²) in [5.74, 6) is -1.07. The molecule has 7 heteroatoms. The molecule has 0 amide bonds. The zero-order valence-electron chi connectivity index (χ0n) is 19.2. The molecule has 0 unspecified atom stereocenters. The van der Waals surface area contributed by atoms with Crippen molar-refractivity contribution in [2.45, 2.75) is 0 Å². The van der Waals surface area contributed by atoms with Gasteiger partial charge in [-0.3, -0.25) is 0 Å². The summed E-state index contributed by atoms with van der Waals surface area (Å²) < 4.78 is 13.3. The van der Waals surface area contributed by atoms with E-state index in [1.165, 1.54) is 19.2 Å². The summed E-state index contributed by atoms with van der Waals surface area (Å²) >= 11 is 0. The van der Waals surface area contributed by atoms with E-state index >= 15 is 0 Å². The van der Waals surface area contributed by atoms with Gasteiger partial charge in [-0.25, -0.2) is 14.2 Å². The van der Waals surface area contributed by atoms with Gasteiger partial charge in [0.05, 0.1) is 24.3 Å². The van der Waals surface area contributed by atoms with Gasteiger partial charge in [0, 0.05) is 48.4 Å². The molecule has 1 aliphatic carbocycles. The number of esters is 1. The van der Waals surface area contributed by atoms with Crippen molar-refractivity contribution in [3.05, 3.63) is 71.1 Å². The highest BCUT2D eigenvalue weighted by Gasteiger charge is 2.24. The van der Waals surface area contributed by atoms with Crippen LogP contribution in [0.1, 0.15) is 20.7 Å². The van der Waals surface area contributed by atoms with Crippen molar-refractivity contribution < 1.29 is 23.8 Å². The van der Waals surface area contributed by atoms with Crippen molar-refractivity contribution in [3.8, 4) is 22.5 Å². The lowest BCUT2D eigenvalue weighted by Crippen LogP contribution is -2.21. The van der Waals surface area contributed by atoms with E-state index in [9.17, 15) is 14.7 Å². The Morgan fingerprint density at radius 1 is 0.970 bits per heavy atom. The van der Waals surface area contributed by atoms with Gasteiger partial charge in [-0.05, 0) is 35.9 Å². The molecule has 1 N–H and O–H groups in total. The monoisotopic (exact) mass is 445 g/mol. The van der Waals surface area contributed by atoms with Gasteiger partial charge < -0.3 is 19.2 Å². The number of hydrogen-bond donors (Lipinski definition) is 1. The number of carboxylic acids is 1. The second-order valence-electron chi connectivity index (χ2n) is 8.18. The molecule has 0 spiro atoms. The molecule has 0 fully saturated rings. The lowest BCUT2D eigenvalue weighted by molar-refractivity contribution is 0.0601. The van der Waals surface area contributed by atoms with Gasteiger partial charge in [-0.1, -0.05) is 6.07 Å². The normalized spacial score (nSPS) is 10.9. The average Bonchev–Trinajstić information content (AvgIpc) is 2.80. The summed E-state index contributed by atoms with van der Waals surface area (Å²) in [6.45, 7) is 0. The van der Waals surface area contributed by atoms with E-state index in [0.717, 1.165) is 27.6 Å². The van der Waals surface area contributed by atoms with Crippen LogP contribution in [0.15, 0.2) is 59.0 Å². The molecule has 0 bridgehead atoms. The maximum atomic E-state index is 12.7. The second kappa shape index (κ2) is 8.43. The number of carboxylic acid groups (broad SMARTS) is 1. The lowest BCUT2D eigenvalue weighted by Gasteiger charge is -2.19. The Hall–Kier alpha value is -4.13. The van der Waals surface area contributed by atoms with E-state index in [-0.39, 0.29) is 11.1 Å². The van der Waals surface area contributed by atoms with Crippen LogP contribution in [0.5, 0.6) is 0 Å². The van der Waals surface area contributed by atoms with E-state index < -0.39 is 11.9 Å². The second-order valence-corrected chi connectivity index (χ2v) is 8.18. The fourth-order valence-electron chi connectivity index (χ4n) is 3.89. The molecule has 168 valence electrons. The first-order chi connectivity index (χ1) is 15.7. The van der Waals surface area contributed by atoms with Crippen molar-refractivity contribution in [1.82, 2.24) is 4.58 Å². The molecule has 0 aromatic heterocycles. The number of ether oxygens (including phenoxy) is 1. The van der Waals surface area contributed by atoms with Crippen LogP contribution in [0.3, 0.4) is 0 Å². The molecule has 2 aliphatic rings. The summed E-state index contributed by atoms with van der Waals surface area (Å²) in [5, 5.41) is 11.2. The van der Waals surface area contributed by atoms with Gasteiger partial charge in [0.2, 0.25) is 5.36 Å². The summed E-state index contributed by atoms with van der Waals surface area (Å²) in [4.78, 5) is 26.2. The highest BCUT2D eigenvalue weighted by atomic mass is 16.5. The third-order valence-electron chi connectivity index (χ3n) is 5.66. The van der Waals surface area contributed by atoms with Gasteiger partial charge in [0.25, 0.3) is 0 Å². The first kappa shape index (κ1) is 22.1. The number of benzene rings is 3. The van der Waals surface area contributed by atoms with E-state index in [0.29, 0.717) is 16.9 Å². The Bertz CT molecular complexity index is 1450. The summed E-state index contributed by atoms with van der Waals surface area (Å²) in [6.07, 6.45) is 0. The first-order valence-electron chi connectivity index (χ1n) is 10.4. The third kappa shape index (κ3) is 3.93. The van der Waals surface area contributed by atoms with Crippen LogP contribution in [-0.2, 0) is 4.74 Å². The van der Waals surface area contributed by atoms with E-state index in [4.69, 9.17) is 9.15 Å². The molecule has 33 heavy (non-hydrogen) atoms. The molecule has 0 atom stereocenters. The average molecular weight is 445 g/mol.